The van der Waals surface area contributed by atoms with Crippen molar-refractivity contribution in [3.8, 4) is 0 Å². The van der Waals surface area contributed by atoms with Crippen LogP contribution >= 0.6 is 0 Å². The predicted octanol–water partition coefficient (Wildman–Crippen LogP) is 2.66. The standard InChI is InChI=1S/C15H17N5/c1-10-4-6-13(7-5-10)16-9-14-18-19-15-17-11(2)8-12(3)20(14)15/h4-8,16H,9H2,1-3H3. The fraction of sp³-hybridized carbons (Fsp3) is 0.267. The maximum atomic E-state index is 4.39. The molecule has 3 aromatic rings. The molecule has 0 saturated carbocycles. The van der Waals surface area contributed by atoms with Gasteiger partial charge in [0.2, 0.25) is 0 Å². The third-order valence-electron chi connectivity index (χ3n) is 3.26. The Morgan fingerprint density at radius 2 is 1.80 bits per heavy atom. The molecular formula is C15H17N5. The summed E-state index contributed by atoms with van der Waals surface area (Å²) in [6, 6.07) is 10.3. The first-order chi connectivity index (χ1) is 9.63. The largest absolute Gasteiger partial charge is 0.378 e. The Morgan fingerprint density at radius 1 is 1.05 bits per heavy atom. The summed E-state index contributed by atoms with van der Waals surface area (Å²) in [5.74, 6) is 1.52. The Balaban J connectivity index is 1.86. The molecule has 1 aromatic carbocycles. The fourth-order valence-corrected chi connectivity index (χ4v) is 2.26. The summed E-state index contributed by atoms with van der Waals surface area (Å²) in [6.07, 6.45) is 0. The van der Waals surface area contributed by atoms with Crippen molar-refractivity contribution >= 4 is 11.5 Å². The molecule has 0 aliphatic heterocycles. The van der Waals surface area contributed by atoms with Crippen LogP contribution in [0.3, 0.4) is 0 Å². The molecule has 0 spiro atoms. The van der Waals surface area contributed by atoms with Gasteiger partial charge >= 0.3 is 0 Å². The van der Waals surface area contributed by atoms with Crippen LogP contribution in [0.25, 0.3) is 5.78 Å². The van der Waals surface area contributed by atoms with E-state index in [-0.39, 0.29) is 0 Å². The van der Waals surface area contributed by atoms with E-state index >= 15 is 0 Å². The zero-order valence-electron chi connectivity index (χ0n) is 11.9. The van der Waals surface area contributed by atoms with Crippen molar-refractivity contribution in [1.29, 1.82) is 0 Å². The lowest BCUT2D eigenvalue weighted by Gasteiger charge is -2.07. The fourth-order valence-electron chi connectivity index (χ4n) is 2.26. The molecule has 1 N–H and O–H groups in total. The number of nitrogens with zero attached hydrogens (tertiary/aromatic N) is 4. The molecule has 0 unspecified atom stereocenters. The van der Waals surface area contributed by atoms with Crippen LogP contribution in [-0.2, 0) is 6.54 Å². The highest BCUT2D eigenvalue weighted by Gasteiger charge is 2.09. The van der Waals surface area contributed by atoms with Crippen LogP contribution in [0.4, 0.5) is 5.69 Å². The molecular weight excluding hydrogens is 250 g/mol. The monoisotopic (exact) mass is 267 g/mol. The minimum Gasteiger partial charge on any atom is -0.378 e. The number of anilines is 1. The zero-order chi connectivity index (χ0) is 14.1. The van der Waals surface area contributed by atoms with Crippen LogP contribution in [0.15, 0.2) is 30.3 Å². The van der Waals surface area contributed by atoms with Gasteiger partial charge in [-0.2, -0.15) is 0 Å². The Morgan fingerprint density at radius 3 is 2.55 bits per heavy atom. The summed E-state index contributed by atoms with van der Waals surface area (Å²) < 4.78 is 1.98. The van der Waals surface area contributed by atoms with Gasteiger partial charge in [0.25, 0.3) is 5.78 Å². The van der Waals surface area contributed by atoms with Crippen molar-refractivity contribution in [3.05, 3.63) is 53.1 Å². The second-order valence-electron chi connectivity index (χ2n) is 5.01. The van der Waals surface area contributed by atoms with E-state index in [4.69, 9.17) is 0 Å². The Hall–Kier alpha value is -2.43. The lowest BCUT2D eigenvalue weighted by Crippen LogP contribution is -2.06. The average molecular weight is 267 g/mol. The number of nitrogens with one attached hydrogen (secondary N) is 1. The molecule has 5 heteroatoms. The third-order valence-corrected chi connectivity index (χ3v) is 3.26. The van der Waals surface area contributed by atoms with E-state index in [1.807, 2.05) is 24.3 Å². The van der Waals surface area contributed by atoms with Gasteiger partial charge in [-0.3, -0.25) is 4.40 Å². The van der Waals surface area contributed by atoms with E-state index < -0.39 is 0 Å². The zero-order valence-corrected chi connectivity index (χ0v) is 11.9. The van der Waals surface area contributed by atoms with Crippen LogP contribution in [0, 0.1) is 20.8 Å². The van der Waals surface area contributed by atoms with Crippen molar-refractivity contribution in [1.82, 2.24) is 19.6 Å². The Kier molecular flexibility index (Phi) is 3.10. The number of hydrogen-bond acceptors (Lipinski definition) is 4. The second-order valence-corrected chi connectivity index (χ2v) is 5.01. The first-order valence-electron chi connectivity index (χ1n) is 6.62. The summed E-state index contributed by atoms with van der Waals surface area (Å²) in [4.78, 5) is 4.39. The van der Waals surface area contributed by atoms with Gasteiger partial charge in [-0.25, -0.2) is 4.98 Å². The summed E-state index contributed by atoms with van der Waals surface area (Å²) >= 11 is 0. The maximum Gasteiger partial charge on any atom is 0.255 e. The quantitative estimate of drug-likeness (QED) is 0.792. The van der Waals surface area contributed by atoms with Gasteiger partial charge in [0.05, 0.1) is 6.54 Å². The molecule has 0 fully saturated rings. The van der Waals surface area contributed by atoms with Crippen molar-refractivity contribution in [3.63, 3.8) is 0 Å². The number of benzene rings is 1. The van der Waals surface area contributed by atoms with Crippen molar-refractivity contribution in [2.45, 2.75) is 27.3 Å². The number of fused-ring (bicyclic) bond motifs is 1. The van der Waals surface area contributed by atoms with E-state index in [1.54, 1.807) is 0 Å². The molecule has 0 aliphatic rings. The smallest absolute Gasteiger partial charge is 0.255 e. The maximum absolute atomic E-state index is 4.39. The molecule has 3 rings (SSSR count). The lowest BCUT2D eigenvalue weighted by molar-refractivity contribution is 0.892. The van der Waals surface area contributed by atoms with E-state index in [9.17, 15) is 0 Å². The van der Waals surface area contributed by atoms with E-state index in [1.165, 1.54) is 5.56 Å². The number of hydrogen-bond donors (Lipinski definition) is 1. The highest BCUT2D eigenvalue weighted by Crippen LogP contribution is 2.12. The number of aromatic nitrogens is 4. The first kappa shape index (κ1) is 12.6. The normalized spacial score (nSPS) is 10.9. The molecule has 102 valence electrons. The van der Waals surface area contributed by atoms with Crippen LogP contribution in [0.2, 0.25) is 0 Å². The van der Waals surface area contributed by atoms with Gasteiger partial charge in [0, 0.05) is 17.1 Å². The van der Waals surface area contributed by atoms with Gasteiger partial charge in [-0.15, -0.1) is 10.2 Å². The Labute approximate surface area is 117 Å². The summed E-state index contributed by atoms with van der Waals surface area (Å²) in [5, 5.41) is 11.7. The van der Waals surface area contributed by atoms with Gasteiger partial charge in [0.15, 0.2) is 5.82 Å². The molecule has 5 nitrogen and oxygen atoms in total. The molecule has 0 atom stereocenters. The number of aryl methyl sites for hydroxylation is 3. The first-order valence-corrected chi connectivity index (χ1v) is 6.62. The molecule has 2 heterocycles. The SMILES string of the molecule is Cc1ccc(NCc2nnc3nc(C)cc(C)n23)cc1. The highest BCUT2D eigenvalue weighted by atomic mass is 15.3. The van der Waals surface area contributed by atoms with Crippen LogP contribution in [-0.4, -0.2) is 19.6 Å². The second kappa shape index (κ2) is 4.92. The summed E-state index contributed by atoms with van der Waals surface area (Å²) in [6.45, 7) is 6.70. The van der Waals surface area contributed by atoms with E-state index in [0.717, 1.165) is 22.9 Å². The molecule has 0 bridgehead atoms. The van der Waals surface area contributed by atoms with Crippen LogP contribution in [0.5, 0.6) is 0 Å². The highest BCUT2D eigenvalue weighted by molar-refractivity contribution is 5.44. The van der Waals surface area contributed by atoms with Crippen LogP contribution in [0.1, 0.15) is 22.8 Å². The van der Waals surface area contributed by atoms with Gasteiger partial charge < -0.3 is 5.32 Å². The van der Waals surface area contributed by atoms with Gasteiger partial charge in [0.1, 0.15) is 0 Å². The lowest BCUT2D eigenvalue weighted by atomic mass is 10.2. The summed E-state index contributed by atoms with van der Waals surface area (Å²) in [7, 11) is 0. The number of rotatable bonds is 3. The van der Waals surface area contributed by atoms with E-state index in [0.29, 0.717) is 12.3 Å². The molecule has 20 heavy (non-hydrogen) atoms. The van der Waals surface area contributed by atoms with Crippen LogP contribution < -0.4 is 5.32 Å². The van der Waals surface area contributed by atoms with E-state index in [2.05, 4.69) is 51.7 Å². The predicted molar refractivity (Wildman–Crippen MR) is 78.8 cm³/mol. The molecule has 0 amide bonds. The third kappa shape index (κ3) is 2.34. The minimum atomic E-state index is 0.621. The summed E-state index contributed by atoms with van der Waals surface area (Å²) in [5.41, 5.74) is 4.38. The van der Waals surface area contributed by atoms with Gasteiger partial charge in [-0.1, -0.05) is 17.7 Å². The minimum absolute atomic E-state index is 0.621. The Bertz CT molecular complexity index is 743. The van der Waals surface area contributed by atoms with Gasteiger partial charge in [-0.05, 0) is 39.0 Å². The molecule has 0 aliphatic carbocycles. The van der Waals surface area contributed by atoms with Crippen molar-refractivity contribution in [2.75, 3.05) is 5.32 Å². The van der Waals surface area contributed by atoms with Crippen molar-refractivity contribution in [2.24, 2.45) is 0 Å². The molecule has 0 radical (unpaired) electrons. The topological polar surface area (TPSA) is 55.1 Å². The average Bonchev–Trinajstić information content (AvgIpc) is 2.81. The molecule has 2 aromatic heterocycles. The van der Waals surface area contributed by atoms with Crippen molar-refractivity contribution < 1.29 is 0 Å². The molecule has 0 saturated heterocycles.